The first-order valence-electron chi connectivity index (χ1n) is 10.6. The zero-order chi connectivity index (χ0) is 25.2. The maximum Gasteiger partial charge on any atom is 0.330 e. The molecule has 1 aliphatic heterocycles. The largest absolute Gasteiger partial charge is 0.394 e. The van der Waals surface area contributed by atoms with Gasteiger partial charge in [-0.3, -0.25) is 24.5 Å². The fourth-order valence-electron chi connectivity index (χ4n) is 3.89. The third-order valence-corrected chi connectivity index (χ3v) is 5.60. The normalized spacial score (nSPS) is 21.2. The van der Waals surface area contributed by atoms with Gasteiger partial charge >= 0.3 is 5.69 Å². The average Bonchev–Trinajstić information content (AvgIpc) is 3.14. The molecule has 1 unspecified atom stereocenters. The number of aliphatic hydroxyl groups excluding tert-OH is 2. The Morgan fingerprint density at radius 1 is 1.41 bits per heavy atom. The highest BCUT2D eigenvalue weighted by Gasteiger charge is 2.36. The monoisotopic (exact) mass is 473 g/mol. The van der Waals surface area contributed by atoms with Crippen molar-refractivity contribution in [1.82, 2.24) is 9.55 Å². The van der Waals surface area contributed by atoms with E-state index in [1.54, 1.807) is 6.07 Å². The van der Waals surface area contributed by atoms with Crippen molar-refractivity contribution in [1.29, 1.82) is 0 Å². The number of H-pyrrole nitrogens is 1. The van der Waals surface area contributed by atoms with Gasteiger partial charge in [-0.2, -0.15) is 0 Å². The van der Waals surface area contributed by atoms with Crippen LogP contribution in [-0.2, 0) is 16.1 Å². The summed E-state index contributed by atoms with van der Waals surface area (Å²) in [4.78, 5) is 38.1. The van der Waals surface area contributed by atoms with E-state index in [-0.39, 0.29) is 24.3 Å². The van der Waals surface area contributed by atoms with Crippen molar-refractivity contribution in [2.24, 2.45) is 5.41 Å². The van der Waals surface area contributed by atoms with Crippen LogP contribution in [0.4, 0.5) is 5.69 Å². The zero-order valence-corrected chi connectivity index (χ0v) is 19.1. The zero-order valence-electron chi connectivity index (χ0n) is 19.1. The van der Waals surface area contributed by atoms with Crippen LogP contribution in [0.2, 0.25) is 0 Å². The van der Waals surface area contributed by atoms with E-state index in [4.69, 9.17) is 15.9 Å². The first-order chi connectivity index (χ1) is 16.0. The SMILES string of the molecule is C#Cc1ccc(C(OCc2cn([C@H]3C[C@H](O)[C@@H](CO)O3)c(=O)[nH]c2=O)C(C)(C)C)c([N+](=O)[O-])c1. The maximum absolute atomic E-state index is 12.4. The quantitative estimate of drug-likeness (QED) is 0.309. The highest BCUT2D eigenvalue weighted by atomic mass is 16.6. The lowest BCUT2D eigenvalue weighted by atomic mass is 9.83. The number of aromatic amines is 1. The fraction of sp³-hybridized carbons (Fsp3) is 0.478. The number of hydrogen-bond acceptors (Lipinski definition) is 8. The van der Waals surface area contributed by atoms with Gasteiger partial charge in [0.25, 0.3) is 11.2 Å². The van der Waals surface area contributed by atoms with E-state index in [1.165, 1.54) is 18.3 Å². The summed E-state index contributed by atoms with van der Waals surface area (Å²) in [5.74, 6) is 2.37. The van der Waals surface area contributed by atoms with Gasteiger partial charge in [-0.15, -0.1) is 6.42 Å². The Kier molecular flexibility index (Phi) is 7.38. The minimum atomic E-state index is -0.967. The number of nitro groups is 1. The van der Waals surface area contributed by atoms with Gasteiger partial charge < -0.3 is 19.7 Å². The molecule has 1 aromatic heterocycles. The topological polar surface area (TPSA) is 157 Å². The number of benzene rings is 1. The lowest BCUT2D eigenvalue weighted by Gasteiger charge is -2.31. The van der Waals surface area contributed by atoms with E-state index in [2.05, 4.69) is 10.9 Å². The molecule has 3 rings (SSSR count). The van der Waals surface area contributed by atoms with Crippen LogP contribution in [0.25, 0.3) is 0 Å². The highest BCUT2D eigenvalue weighted by molar-refractivity contribution is 5.49. The second kappa shape index (κ2) is 9.90. The Hall–Kier alpha value is -3.30. The number of ether oxygens (including phenoxy) is 2. The first-order valence-corrected chi connectivity index (χ1v) is 10.6. The predicted octanol–water partition coefficient (Wildman–Crippen LogP) is 1.37. The summed E-state index contributed by atoms with van der Waals surface area (Å²) in [6.07, 6.45) is 3.21. The molecule has 0 amide bonds. The van der Waals surface area contributed by atoms with E-state index in [0.717, 1.165) is 4.57 Å². The molecule has 0 saturated carbocycles. The van der Waals surface area contributed by atoms with E-state index >= 15 is 0 Å². The highest BCUT2D eigenvalue weighted by Crippen LogP contribution is 2.41. The Morgan fingerprint density at radius 3 is 2.68 bits per heavy atom. The first kappa shape index (κ1) is 25.3. The Balaban J connectivity index is 1.94. The second-order valence-corrected chi connectivity index (χ2v) is 9.17. The molecule has 1 aromatic carbocycles. The third kappa shape index (κ3) is 5.26. The van der Waals surface area contributed by atoms with Crippen molar-refractivity contribution in [2.75, 3.05) is 6.61 Å². The van der Waals surface area contributed by atoms with Gasteiger partial charge in [-0.05, 0) is 17.5 Å². The lowest BCUT2D eigenvalue weighted by Crippen LogP contribution is -2.35. The molecule has 1 saturated heterocycles. The van der Waals surface area contributed by atoms with Crippen LogP contribution >= 0.6 is 0 Å². The molecule has 11 heteroatoms. The summed E-state index contributed by atoms with van der Waals surface area (Å²) < 4.78 is 12.7. The molecule has 182 valence electrons. The average molecular weight is 473 g/mol. The Bertz CT molecular complexity index is 1220. The van der Waals surface area contributed by atoms with Gasteiger partial charge in [0.2, 0.25) is 0 Å². The number of aliphatic hydroxyl groups is 2. The standard InChI is InChI=1S/C23H27N3O8/c1-5-13-6-7-15(16(8-13)26(31)32)20(23(2,3)4)33-12-14-10-25(22(30)24-21(14)29)19-9-17(28)18(11-27)34-19/h1,6-8,10,17-20,27-28H,9,11-12H2,2-4H3,(H,24,29,30)/t17-,18+,19+,20?/m0/s1. The second-order valence-electron chi connectivity index (χ2n) is 9.17. The molecule has 0 aliphatic carbocycles. The van der Waals surface area contributed by atoms with Crippen LogP contribution < -0.4 is 11.2 Å². The molecule has 1 fully saturated rings. The molecule has 2 aromatic rings. The van der Waals surface area contributed by atoms with Gasteiger partial charge in [-0.1, -0.05) is 26.7 Å². The van der Waals surface area contributed by atoms with Gasteiger partial charge in [0.05, 0.1) is 41.5 Å². The van der Waals surface area contributed by atoms with Crippen LogP contribution in [0.1, 0.15) is 56.2 Å². The molecule has 1 aliphatic rings. The van der Waals surface area contributed by atoms with E-state index < -0.39 is 52.7 Å². The van der Waals surface area contributed by atoms with E-state index in [0.29, 0.717) is 11.1 Å². The molecule has 2 heterocycles. The predicted molar refractivity (Wildman–Crippen MR) is 121 cm³/mol. The van der Waals surface area contributed by atoms with Gasteiger partial charge in [0.15, 0.2) is 0 Å². The number of hydrogen-bond donors (Lipinski definition) is 3. The molecular weight excluding hydrogens is 446 g/mol. The van der Waals surface area contributed by atoms with Crippen molar-refractivity contribution in [3.63, 3.8) is 0 Å². The number of aromatic nitrogens is 2. The summed E-state index contributed by atoms with van der Waals surface area (Å²) in [6.45, 7) is 4.83. The number of rotatable bonds is 7. The number of terminal acetylenes is 1. The fourth-order valence-corrected chi connectivity index (χ4v) is 3.89. The van der Waals surface area contributed by atoms with Gasteiger partial charge in [0, 0.05) is 24.2 Å². The van der Waals surface area contributed by atoms with Crippen molar-refractivity contribution < 1.29 is 24.6 Å². The number of nitro benzene ring substituents is 1. The smallest absolute Gasteiger partial charge is 0.330 e. The molecular formula is C23H27N3O8. The Labute approximate surface area is 195 Å². The molecule has 0 bridgehead atoms. The van der Waals surface area contributed by atoms with E-state index in [9.17, 15) is 29.9 Å². The van der Waals surface area contributed by atoms with Crippen molar-refractivity contribution >= 4 is 5.69 Å². The van der Waals surface area contributed by atoms with Gasteiger partial charge in [0.1, 0.15) is 12.3 Å². The van der Waals surface area contributed by atoms with E-state index in [1.807, 2.05) is 20.8 Å². The van der Waals surface area contributed by atoms with Crippen LogP contribution in [0.3, 0.4) is 0 Å². The van der Waals surface area contributed by atoms with Crippen LogP contribution in [-0.4, -0.2) is 43.5 Å². The Morgan fingerprint density at radius 2 is 2.12 bits per heavy atom. The van der Waals surface area contributed by atoms with Crippen LogP contribution in [0, 0.1) is 27.9 Å². The van der Waals surface area contributed by atoms with Crippen LogP contribution in [0.15, 0.2) is 34.0 Å². The van der Waals surface area contributed by atoms with Crippen molar-refractivity contribution in [3.05, 3.63) is 72.0 Å². The third-order valence-electron chi connectivity index (χ3n) is 5.60. The summed E-state index contributed by atoms with van der Waals surface area (Å²) in [7, 11) is 0. The van der Waals surface area contributed by atoms with Gasteiger partial charge in [-0.25, -0.2) is 4.79 Å². The number of nitrogens with zero attached hydrogens (tertiary/aromatic N) is 2. The number of nitrogens with one attached hydrogen (secondary N) is 1. The molecule has 0 radical (unpaired) electrons. The maximum atomic E-state index is 12.4. The molecule has 11 nitrogen and oxygen atoms in total. The summed E-state index contributed by atoms with van der Waals surface area (Å²) >= 11 is 0. The van der Waals surface area contributed by atoms with Crippen LogP contribution in [0.5, 0.6) is 0 Å². The minimum Gasteiger partial charge on any atom is -0.394 e. The lowest BCUT2D eigenvalue weighted by molar-refractivity contribution is -0.386. The molecule has 0 spiro atoms. The molecule has 3 N–H and O–H groups in total. The summed E-state index contributed by atoms with van der Waals surface area (Å²) in [6, 6.07) is 4.42. The minimum absolute atomic E-state index is 0.0514. The summed E-state index contributed by atoms with van der Waals surface area (Å²) in [5.41, 5.74) is -1.47. The van der Waals surface area contributed by atoms with Crippen molar-refractivity contribution in [2.45, 2.75) is 58.3 Å². The molecule has 4 atom stereocenters. The van der Waals surface area contributed by atoms with Crippen molar-refractivity contribution in [3.8, 4) is 12.3 Å². The summed E-state index contributed by atoms with van der Waals surface area (Å²) in [5, 5.41) is 30.9. The molecule has 34 heavy (non-hydrogen) atoms.